The van der Waals surface area contributed by atoms with E-state index in [0.717, 1.165) is 10.6 Å². The lowest BCUT2D eigenvalue weighted by Gasteiger charge is -2.04. The zero-order chi connectivity index (χ0) is 15.6. The third-order valence-corrected chi connectivity index (χ3v) is 4.18. The van der Waals surface area contributed by atoms with Crippen LogP contribution >= 0.6 is 11.3 Å². The van der Waals surface area contributed by atoms with Crippen LogP contribution < -0.4 is 11.1 Å². The van der Waals surface area contributed by atoms with Gasteiger partial charge in [-0.1, -0.05) is 13.8 Å². The number of aromatic nitrogens is 2. The molecule has 2 amide bonds. The van der Waals surface area contributed by atoms with Crippen molar-refractivity contribution in [3.8, 4) is 0 Å². The highest BCUT2D eigenvalue weighted by Crippen LogP contribution is 2.32. The van der Waals surface area contributed by atoms with Crippen LogP contribution in [-0.4, -0.2) is 21.8 Å². The summed E-state index contributed by atoms with van der Waals surface area (Å²) in [6, 6.07) is 1.72. The number of primary amides is 1. The Balaban J connectivity index is 2.28. The second-order valence-corrected chi connectivity index (χ2v) is 5.99. The van der Waals surface area contributed by atoms with E-state index in [1.807, 2.05) is 13.8 Å². The third kappa shape index (κ3) is 3.43. The van der Waals surface area contributed by atoms with E-state index in [4.69, 9.17) is 5.73 Å². The number of nitrogens with zero attached hydrogens (tertiary/aromatic N) is 2. The van der Waals surface area contributed by atoms with Crippen molar-refractivity contribution >= 4 is 28.2 Å². The maximum absolute atomic E-state index is 12.1. The molecular weight excluding hydrogens is 288 g/mol. The molecule has 0 bridgehead atoms. The lowest BCUT2D eigenvalue weighted by molar-refractivity contribution is 0.100. The van der Waals surface area contributed by atoms with E-state index in [2.05, 4.69) is 15.3 Å². The second-order valence-electron chi connectivity index (χ2n) is 4.91. The van der Waals surface area contributed by atoms with Gasteiger partial charge >= 0.3 is 0 Å². The number of nitrogens with one attached hydrogen (secondary N) is 1. The quantitative estimate of drug-likeness (QED) is 0.905. The first-order chi connectivity index (χ1) is 9.88. The second kappa shape index (κ2) is 6.01. The molecule has 0 radical (unpaired) electrons. The Morgan fingerprint density at radius 1 is 1.29 bits per heavy atom. The van der Waals surface area contributed by atoms with Crippen molar-refractivity contribution in [1.82, 2.24) is 9.97 Å². The minimum atomic E-state index is -0.566. The van der Waals surface area contributed by atoms with Crippen LogP contribution in [0.4, 0.5) is 5.00 Å². The topological polar surface area (TPSA) is 98.0 Å². The van der Waals surface area contributed by atoms with Crippen LogP contribution in [-0.2, 0) is 0 Å². The Kier molecular flexibility index (Phi) is 4.32. The third-order valence-electron chi connectivity index (χ3n) is 2.83. The molecule has 0 atom stereocenters. The highest BCUT2D eigenvalue weighted by molar-refractivity contribution is 7.16. The smallest absolute Gasteiger partial charge is 0.276 e. The molecule has 110 valence electrons. The van der Waals surface area contributed by atoms with Gasteiger partial charge in [-0.2, -0.15) is 0 Å². The molecule has 0 unspecified atom stereocenters. The van der Waals surface area contributed by atoms with Gasteiger partial charge in [-0.25, -0.2) is 4.98 Å². The van der Waals surface area contributed by atoms with Crippen LogP contribution in [0.2, 0.25) is 0 Å². The minimum Gasteiger partial charge on any atom is -0.366 e. The number of nitrogens with two attached hydrogens (primary N) is 1. The summed E-state index contributed by atoms with van der Waals surface area (Å²) < 4.78 is 0. The molecule has 0 spiro atoms. The molecule has 3 N–H and O–H groups in total. The average molecular weight is 304 g/mol. The average Bonchev–Trinajstić information content (AvgIpc) is 2.83. The Bertz CT molecular complexity index is 677. The molecule has 2 aromatic rings. The molecule has 2 rings (SSSR count). The SMILES string of the molecule is Cc1cnc(C(=O)Nc2sc(C(C)C)cc2C(N)=O)cn1. The van der Waals surface area contributed by atoms with Gasteiger partial charge < -0.3 is 11.1 Å². The standard InChI is InChI=1S/C14H16N4O2S/c1-7(2)11-4-9(12(15)19)14(21-11)18-13(20)10-6-16-8(3)5-17-10/h4-7H,1-3H3,(H2,15,19)(H,18,20). The van der Waals surface area contributed by atoms with Crippen molar-refractivity contribution < 1.29 is 9.59 Å². The summed E-state index contributed by atoms with van der Waals surface area (Å²) in [5, 5.41) is 3.12. The lowest BCUT2D eigenvalue weighted by atomic mass is 10.1. The van der Waals surface area contributed by atoms with Crippen LogP contribution in [0.1, 0.15) is 51.2 Å². The van der Waals surface area contributed by atoms with Crippen molar-refractivity contribution in [3.63, 3.8) is 0 Å². The van der Waals surface area contributed by atoms with E-state index >= 15 is 0 Å². The molecule has 0 saturated carbocycles. The van der Waals surface area contributed by atoms with E-state index in [1.165, 1.54) is 23.7 Å². The van der Waals surface area contributed by atoms with Crippen molar-refractivity contribution in [2.75, 3.05) is 5.32 Å². The predicted octanol–water partition coefficient (Wildman–Crippen LogP) is 2.32. The largest absolute Gasteiger partial charge is 0.366 e. The molecule has 0 aliphatic rings. The Morgan fingerprint density at radius 3 is 2.52 bits per heavy atom. The first-order valence-corrected chi connectivity index (χ1v) is 7.23. The van der Waals surface area contributed by atoms with Crippen molar-refractivity contribution in [2.45, 2.75) is 26.7 Å². The zero-order valence-corrected chi connectivity index (χ0v) is 12.8. The molecular formula is C14H16N4O2S. The zero-order valence-electron chi connectivity index (χ0n) is 12.0. The fourth-order valence-corrected chi connectivity index (χ4v) is 2.71. The van der Waals surface area contributed by atoms with Crippen LogP contribution in [0, 0.1) is 6.92 Å². The normalized spacial score (nSPS) is 10.7. The first kappa shape index (κ1) is 15.1. The lowest BCUT2D eigenvalue weighted by Crippen LogP contribution is -2.17. The van der Waals surface area contributed by atoms with Crippen molar-refractivity contribution in [3.05, 3.63) is 40.3 Å². The maximum Gasteiger partial charge on any atom is 0.276 e. The molecule has 2 heterocycles. The molecule has 0 aliphatic carbocycles. The van der Waals surface area contributed by atoms with Gasteiger partial charge in [-0.3, -0.25) is 14.6 Å². The summed E-state index contributed by atoms with van der Waals surface area (Å²) in [7, 11) is 0. The number of aryl methyl sites for hydroxylation is 1. The van der Waals surface area contributed by atoms with E-state index in [0.29, 0.717) is 10.6 Å². The van der Waals surface area contributed by atoms with Gasteiger partial charge in [0.25, 0.3) is 11.8 Å². The van der Waals surface area contributed by atoms with Crippen LogP contribution in [0.15, 0.2) is 18.5 Å². The number of hydrogen-bond acceptors (Lipinski definition) is 5. The number of carbonyl (C=O) groups excluding carboxylic acids is 2. The van der Waals surface area contributed by atoms with E-state index < -0.39 is 11.8 Å². The Morgan fingerprint density at radius 2 is 2.00 bits per heavy atom. The minimum absolute atomic E-state index is 0.190. The van der Waals surface area contributed by atoms with Gasteiger partial charge in [0.2, 0.25) is 0 Å². The Hall–Kier alpha value is -2.28. The number of amides is 2. The van der Waals surface area contributed by atoms with Gasteiger partial charge in [0, 0.05) is 11.1 Å². The fourth-order valence-electron chi connectivity index (χ4n) is 1.65. The first-order valence-electron chi connectivity index (χ1n) is 6.42. The summed E-state index contributed by atoms with van der Waals surface area (Å²) in [5.41, 5.74) is 6.58. The van der Waals surface area contributed by atoms with Gasteiger partial charge in [0.05, 0.1) is 17.5 Å². The summed E-state index contributed by atoms with van der Waals surface area (Å²) in [5.74, 6) is -0.733. The molecule has 0 saturated heterocycles. The molecule has 0 fully saturated rings. The predicted molar refractivity (Wildman–Crippen MR) is 81.6 cm³/mol. The molecule has 2 aromatic heterocycles. The fraction of sp³-hybridized carbons (Fsp3) is 0.286. The summed E-state index contributed by atoms with van der Waals surface area (Å²) in [4.78, 5) is 32.6. The summed E-state index contributed by atoms with van der Waals surface area (Å²) in [6.45, 7) is 5.80. The molecule has 7 heteroatoms. The summed E-state index contributed by atoms with van der Waals surface area (Å²) in [6.07, 6.45) is 2.91. The molecule has 21 heavy (non-hydrogen) atoms. The molecule has 0 aromatic carbocycles. The molecule has 6 nitrogen and oxygen atoms in total. The van der Waals surface area contributed by atoms with Crippen molar-refractivity contribution in [1.29, 1.82) is 0 Å². The monoisotopic (exact) mass is 304 g/mol. The van der Waals surface area contributed by atoms with Gasteiger partial charge in [-0.05, 0) is 18.9 Å². The van der Waals surface area contributed by atoms with Crippen LogP contribution in [0.25, 0.3) is 0 Å². The van der Waals surface area contributed by atoms with Crippen LogP contribution in [0.5, 0.6) is 0 Å². The van der Waals surface area contributed by atoms with Gasteiger partial charge in [0.1, 0.15) is 10.7 Å². The number of carbonyl (C=O) groups is 2. The van der Waals surface area contributed by atoms with Gasteiger partial charge in [0.15, 0.2) is 0 Å². The maximum atomic E-state index is 12.1. The number of rotatable bonds is 4. The van der Waals surface area contributed by atoms with Gasteiger partial charge in [-0.15, -0.1) is 11.3 Å². The van der Waals surface area contributed by atoms with E-state index in [9.17, 15) is 9.59 Å². The highest BCUT2D eigenvalue weighted by Gasteiger charge is 2.18. The van der Waals surface area contributed by atoms with E-state index in [1.54, 1.807) is 13.0 Å². The highest BCUT2D eigenvalue weighted by atomic mass is 32.1. The molecule has 0 aliphatic heterocycles. The number of hydrogen-bond donors (Lipinski definition) is 2. The van der Waals surface area contributed by atoms with E-state index in [-0.39, 0.29) is 11.6 Å². The Labute approximate surface area is 126 Å². The number of anilines is 1. The number of thiophene rings is 1. The van der Waals surface area contributed by atoms with Crippen molar-refractivity contribution in [2.24, 2.45) is 5.73 Å². The summed E-state index contributed by atoms with van der Waals surface area (Å²) >= 11 is 1.34. The van der Waals surface area contributed by atoms with Crippen LogP contribution in [0.3, 0.4) is 0 Å².